The van der Waals surface area contributed by atoms with Gasteiger partial charge in [-0.1, -0.05) is 64.7 Å². The van der Waals surface area contributed by atoms with E-state index in [1.165, 1.54) is 57.8 Å². The Morgan fingerprint density at radius 2 is 1.00 bits per heavy atom. The Kier molecular flexibility index (Phi) is 28.8. The summed E-state index contributed by atoms with van der Waals surface area (Å²) < 4.78 is 0. The van der Waals surface area contributed by atoms with Crippen molar-refractivity contribution in [2.45, 2.75) is 71.1 Å². The Morgan fingerprint density at radius 1 is 0.667 bits per heavy atom. The molecule has 0 spiro atoms. The molecule has 0 rings (SSSR count). The van der Waals surface area contributed by atoms with Crippen molar-refractivity contribution < 1.29 is 5.11 Å². The minimum absolute atomic E-state index is 0. The van der Waals surface area contributed by atoms with Crippen LogP contribution >= 0.6 is 0 Å². The van der Waals surface area contributed by atoms with Crippen LogP contribution < -0.4 is 6.15 Å². The normalized spacial score (nSPS) is 9.20. The van der Waals surface area contributed by atoms with Gasteiger partial charge in [-0.05, 0) is 6.42 Å². The molecule has 0 heterocycles. The fraction of sp³-hybridized carbons (Fsp3) is 1.00. The van der Waals surface area contributed by atoms with Crippen LogP contribution in [0.5, 0.6) is 0 Å². The van der Waals surface area contributed by atoms with E-state index in [-0.39, 0.29) is 35.7 Å². The van der Waals surface area contributed by atoms with Crippen molar-refractivity contribution in [2.75, 3.05) is 6.61 Å². The van der Waals surface area contributed by atoms with Crippen molar-refractivity contribution in [1.82, 2.24) is 6.15 Å². The van der Waals surface area contributed by atoms with Crippen LogP contribution in [0.3, 0.4) is 0 Å². The third-order valence-corrected chi connectivity index (χ3v) is 2.51. The van der Waals surface area contributed by atoms with E-state index in [4.69, 9.17) is 5.11 Å². The van der Waals surface area contributed by atoms with Crippen LogP contribution in [-0.2, 0) is 0 Å². The average molecular weight is 227 g/mol. The van der Waals surface area contributed by atoms with Gasteiger partial charge in [-0.3, -0.25) is 0 Å². The number of unbranched alkanes of at least 4 members (excludes halogenated alkanes) is 9. The molecule has 0 aliphatic heterocycles. The second kappa shape index (κ2) is 20.3. The number of hydrogen-bond donors (Lipinski definition) is 2. The predicted molar refractivity (Wildman–Crippen MR) is 71.1 cm³/mol. The maximum atomic E-state index is 8.57. The van der Waals surface area contributed by atoms with Crippen molar-refractivity contribution >= 4 is 29.6 Å². The van der Waals surface area contributed by atoms with Gasteiger partial charge < -0.3 is 11.3 Å². The molecule has 0 aliphatic carbocycles. The second-order valence-corrected chi connectivity index (χ2v) is 3.91. The van der Waals surface area contributed by atoms with Crippen LogP contribution in [0.25, 0.3) is 0 Å². The first-order chi connectivity index (χ1) is 6.41. The second-order valence-electron chi connectivity index (χ2n) is 3.91. The van der Waals surface area contributed by atoms with E-state index >= 15 is 0 Å². The molecule has 0 aliphatic rings. The summed E-state index contributed by atoms with van der Waals surface area (Å²) >= 11 is 0. The topological polar surface area (TPSA) is 55.2 Å². The molecule has 0 amide bonds. The zero-order valence-corrected chi connectivity index (χ0v) is 9.93. The van der Waals surface area contributed by atoms with E-state index in [9.17, 15) is 0 Å². The van der Waals surface area contributed by atoms with Crippen LogP contribution in [0.15, 0.2) is 0 Å². The number of rotatable bonds is 10. The van der Waals surface area contributed by atoms with Gasteiger partial charge in [-0.25, -0.2) is 0 Å². The molecule has 0 fully saturated rings. The summed E-state index contributed by atoms with van der Waals surface area (Å²) in [5, 5.41) is 8.57. The molecule has 0 radical (unpaired) electrons. The summed E-state index contributed by atoms with van der Waals surface area (Å²) in [6.45, 7) is 2.63. The van der Waals surface area contributed by atoms with Crippen LogP contribution in [0.1, 0.15) is 71.1 Å². The Bertz CT molecular complexity index is 81.7. The summed E-state index contributed by atoms with van der Waals surface area (Å²) in [5.74, 6) is 0. The zero-order chi connectivity index (χ0) is 9.78. The van der Waals surface area contributed by atoms with Gasteiger partial charge in [0.05, 0.1) is 0 Å². The predicted octanol–water partition coefficient (Wildman–Crippen LogP) is 3.41. The summed E-state index contributed by atoms with van der Waals surface area (Å²) in [6, 6.07) is 0. The summed E-state index contributed by atoms with van der Waals surface area (Å²) in [7, 11) is 0. The molecule has 0 aromatic heterocycles. The van der Waals surface area contributed by atoms with Crippen LogP contribution in [0, 0.1) is 0 Å². The first-order valence-electron chi connectivity index (χ1n) is 6.02. The third kappa shape index (κ3) is 20.9. The standard InChI is InChI=1S/C12H26O.H3N.Na.H/c1-2-3-4-5-6-7-8-9-10-11-12-13;;;/h13H,2-12H2,1H3;1H3;;. The summed E-state index contributed by atoms with van der Waals surface area (Å²) in [4.78, 5) is 0. The fourth-order valence-electron chi connectivity index (χ4n) is 1.60. The van der Waals surface area contributed by atoms with Crippen LogP contribution in [0.2, 0.25) is 0 Å². The fourth-order valence-corrected chi connectivity index (χ4v) is 1.60. The van der Waals surface area contributed by atoms with Crippen molar-refractivity contribution in [2.24, 2.45) is 0 Å². The summed E-state index contributed by atoms with van der Waals surface area (Å²) in [5.41, 5.74) is 0. The molecular weight excluding hydrogens is 197 g/mol. The molecule has 4 N–H and O–H groups in total. The molecular formula is C12H30NNaO. The third-order valence-electron chi connectivity index (χ3n) is 2.51. The van der Waals surface area contributed by atoms with Gasteiger partial charge in [0.2, 0.25) is 0 Å². The van der Waals surface area contributed by atoms with Crippen LogP contribution in [0.4, 0.5) is 0 Å². The molecule has 3 heteroatoms. The number of hydrogen-bond acceptors (Lipinski definition) is 2. The molecule has 0 aromatic rings. The van der Waals surface area contributed by atoms with Gasteiger partial charge in [0, 0.05) is 6.61 Å². The van der Waals surface area contributed by atoms with Gasteiger partial charge in [-0.2, -0.15) is 0 Å². The van der Waals surface area contributed by atoms with Gasteiger partial charge in [-0.15, -0.1) is 0 Å². The first-order valence-corrected chi connectivity index (χ1v) is 6.02. The quantitative estimate of drug-likeness (QED) is 0.444. The molecule has 15 heavy (non-hydrogen) atoms. The first kappa shape index (κ1) is 21.2. The Morgan fingerprint density at radius 3 is 1.33 bits per heavy atom. The Labute approximate surface area is 118 Å². The van der Waals surface area contributed by atoms with E-state index in [0.717, 1.165) is 6.42 Å². The number of aliphatic hydroxyl groups is 1. The molecule has 0 saturated heterocycles. The van der Waals surface area contributed by atoms with Crippen molar-refractivity contribution in [3.05, 3.63) is 0 Å². The van der Waals surface area contributed by atoms with Crippen molar-refractivity contribution in [3.63, 3.8) is 0 Å². The maximum absolute atomic E-state index is 8.57. The molecule has 0 bridgehead atoms. The zero-order valence-electron chi connectivity index (χ0n) is 9.93. The van der Waals surface area contributed by atoms with E-state index in [2.05, 4.69) is 6.92 Å². The van der Waals surface area contributed by atoms with Crippen LogP contribution in [-0.4, -0.2) is 41.3 Å². The van der Waals surface area contributed by atoms with Gasteiger partial charge >= 0.3 is 29.6 Å². The monoisotopic (exact) mass is 227 g/mol. The molecule has 0 unspecified atom stereocenters. The average Bonchev–Trinajstić information content (AvgIpc) is 2.16. The van der Waals surface area contributed by atoms with E-state index in [1.54, 1.807) is 0 Å². The number of aliphatic hydroxyl groups excluding tert-OH is 1. The SMILES string of the molecule is CCCCCCCCCCCCO.N.[NaH]. The molecule has 2 nitrogen and oxygen atoms in total. The minimum atomic E-state index is 0. The molecule has 0 aromatic carbocycles. The van der Waals surface area contributed by atoms with Crippen molar-refractivity contribution in [1.29, 1.82) is 0 Å². The van der Waals surface area contributed by atoms with Gasteiger partial charge in [0.15, 0.2) is 0 Å². The van der Waals surface area contributed by atoms with Gasteiger partial charge in [0.1, 0.15) is 0 Å². The molecule has 0 saturated carbocycles. The van der Waals surface area contributed by atoms with E-state index in [1.807, 2.05) is 0 Å². The Balaban J connectivity index is -0.000000720. The Hall–Kier alpha value is 0.920. The molecule has 0 atom stereocenters. The molecule has 90 valence electrons. The van der Waals surface area contributed by atoms with Crippen molar-refractivity contribution in [3.8, 4) is 0 Å². The van der Waals surface area contributed by atoms with Gasteiger partial charge in [0.25, 0.3) is 0 Å². The van der Waals surface area contributed by atoms with E-state index in [0.29, 0.717) is 6.61 Å². The summed E-state index contributed by atoms with van der Waals surface area (Å²) in [6.07, 6.45) is 13.3. The van der Waals surface area contributed by atoms with E-state index < -0.39 is 0 Å².